The highest BCUT2D eigenvalue weighted by molar-refractivity contribution is 9.10. The molecule has 0 bridgehead atoms. The summed E-state index contributed by atoms with van der Waals surface area (Å²) in [4.78, 5) is 12.8. The van der Waals surface area contributed by atoms with E-state index in [0.717, 1.165) is 15.6 Å². The predicted molar refractivity (Wildman–Crippen MR) is 156 cm³/mol. The molecule has 4 rings (SSSR count). The highest BCUT2D eigenvalue weighted by Crippen LogP contribution is 2.37. The highest BCUT2D eigenvalue weighted by Gasteiger charge is 2.15. The van der Waals surface area contributed by atoms with E-state index in [1.54, 1.807) is 48.5 Å². The third-order valence-electron chi connectivity index (χ3n) is 5.66. The standard InChI is InChI=1S/C31H23BrClFN2O4/c1-38-29-16-22(15-28(33)30(29)40-19-21-4-8-25(34)9-5-21)14-23(17-35)31(37)36-26-10-12-27(13-11-26)39-18-20-2-6-24(32)7-3-20/h2-16H,18-19H2,1H3,(H,36,37)/b23-14+. The lowest BCUT2D eigenvalue weighted by Crippen LogP contribution is -2.13. The Morgan fingerprint density at radius 2 is 1.60 bits per heavy atom. The summed E-state index contributed by atoms with van der Waals surface area (Å²) < 4.78 is 31.1. The van der Waals surface area contributed by atoms with Crippen molar-refractivity contribution in [2.24, 2.45) is 0 Å². The smallest absolute Gasteiger partial charge is 0.266 e. The van der Waals surface area contributed by atoms with Crippen molar-refractivity contribution in [1.82, 2.24) is 0 Å². The zero-order valence-electron chi connectivity index (χ0n) is 21.3. The van der Waals surface area contributed by atoms with Crippen molar-refractivity contribution < 1.29 is 23.4 Å². The quantitative estimate of drug-likeness (QED) is 0.144. The number of nitriles is 1. The van der Waals surface area contributed by atoms with Crippen LogP contribution in [0.1, 0.15) is 16.7 Å². The monoisotopic (exact) mass is 620 g/mol. The zero-order valence-corrected chi connectivity index (χ0v) is 23.6. The molecule has 0 saturated carbocycles. The Balaban J connectivity index is 1.41. The normalized spacial score (nSPS) is 10.9. The maximum absolute atomic E-state index is 13.2. The largest absolute Gasteiger partial charge is 0.493 e. The summed E-state index contributed by atoms with van der Waals surface area (Å²) in [7, 11) is 1.45. The number of ether oxygens (including phenoxy) is 3. The van der Waals surface area contributed by atoms with Crippen LogP contribution in [0.5, 0.6) is 17.2 Å². The molecule has 1 N–H and O–H groups in total. The molecule has 0 heterocycles. The van der Waals surface area contributed by atoms with Gasteiger partial charge >= 0.3 is 0 Å². The lowest BCUT2D eigenvalue weighted by atomic mass is 10.1. The maximum atomic E-state index is 13.2. The summed E-state index contributed by atoms with van der Waals surface area (Å²) in [6.07, 6.45) is 1.41. The van der Waals surface area contributed by atoms with Crippen LogP contribution in [0.15, 0.2) is 95.0 Å². The average Bonchev–Trinajstić information content (AvgIpc) is 2.96. The van der Waals surface area contributed by atoms with E-state index in [9.17, 15) is 14.4 Å². The van der Waals surface area contributed by atoms with Crippen LogP contribution < -0.4 is 19.5 Å². The van der Waals surface area contributed by atoms with Crippen molar-refractivity contribution in [3.05, 3.63) is 123 Å². The summed E-state index contributed by atoms with van der Waals surface area (Å²) in [5, 5.41) is 12.6. The number of methoxy groups -OCH3 is 1. The Labute approximate surface area is 244 Å². The molecule has 0 aliphatic carbocycles. The van der Waals surface area contributed by atoms with E-state index in [2.05, 4.69) is 21.2 Å². The third-order valence-corrected chi connectivity index (χ3v) is 6.46. The first-order valence-corrected chi connectivity index (χ1v) is 13.2. The maximum Gasteiger partial charge on any atom is 0.266 e. The van der Waals surface area contributed by atoms with E-state index < -0.39 is 5.91 Å². The first kappa shape index (κ1) is 28.7. The number of anilines is 1. The molecule has 202 valence electrons. The number of hydrogen-bond donors (Lipinski definition) is 1. The highest BCUT2D eigenvalue weighted by atomic mass is 79.9. The lowest BCUT2D eigenvalue weighted by Gasteiger charge is -2.14. The number of nitrogens with one attached hydrogen (secondary N) is 1. The average molecular weight is 622 g/mol. The van der Waals surface area contributed by atoms with Crippen molar-refractivity contribution in [2.75, 3.05) is 12.4 Å². The number of halogens is 3. The predicted octanol–water partition coefficient (Wildman–Crippen LogP) is 7.95. The molecule has 0 radical (unpaired) electrons. The summed E-state index contributed by atoms with van der Waals surface area (Å²) in [6.45, 7) is 0.549. The Bertz CT molecular complexity index is 1550. The van der Waals surface area contributed by atoms with Crippen LogP contribution in [0, 0.1) is 17.1 Å². The van der Waals surface area contributed by atoms with E-state index in [1.165, 1.54) is 25.3 Å². The van der Waals surface area contributed by atoms with Crippen molar-refractivity contribution in [3.63, 3.8) is 0 Å². The van der Waals surface area contributed by atoms with Crippen LogP contribution in [0.2, 0.25) is 5.02 Å². The number of amides is 1. The van der Waals surface area contributed by atoms with Gasteiger partial charge in [0.2, 0.25) is 0 Å². The molecule has 0 saturated heterocycles. The first-order valence-electron chi connectivity index (χ1n) is 12.0. The Morgan fingerprint density at radius 1 is 0.975 bits per heavy atom. The molecule has 6 nitrogen and oxygen atoms in total. The number of rotatable bonds is 10. The van der Waals surface area contributed by atoms with Gasteiger partial charge in [-0.05, 0) is 83.4 Å². The second-order valence-electron chi connectivity index (χ2n) is 8.51. The fraction of sp³-hybridized carbons (Fsp3) is 0.0968. The second-order valence-corrected chi connectivity index (χ2v) is 9.84. The molecule has 1 amide bonds. The molecule has 4 aromatic carbocycles. The van der Waals surface area contributed by atoms with Gasteiger partial charge in [-0.2, -0.15) is 5.26 Å². The van der Waals surface area contributed by atoms with Gasteiger partial charge in [0.1, 0.15) is 36.4 Å². The van der Waals surface area contributed by atoms with E-state index in [0.29, 0.717) is 29.4 Å². The summed E-state index contributed by atoms with van der Waals surface area (Å²) in [5.41, 5.74) is 2.61. The van der Waals surface area contributed by atoms with Gasteiger partial charge in [-0.1, -0.05) is 51.8 Å². The first-order chi connectivity index (χ1) is 19.3. The minimum atomic E-state index is -0.585. The Hall–Kier alpha value is -4.32. The molecule has 4 aromatic rings. The molecule has 0 atom stereocenters. The van der Waals surface area contributed by atoms with Gasteiger partial charge in [-0.25, -0.2) is 4.39 Å². The molecule has 0 spiro atoms. The van der Waals surface area contributed by atoms with Crippen molar-refractivity contribution in [3.8, 4) is 23.3 Å². The van der Waals surface area contributed by atoms with Gasteiger partial charge < -0.3 is 19.5 Å². The van der Waals surface area contributed by atoms with Crippen LogP contribution in [-0.4, -0.2) is 13.0 Å². The Kier molecular flexibility index (Phi) is 9.79. The van der Waals surface area contributed by atoms with E-state index >= 15 is 0 Å². The summed E-state index contributed by atoms with van der Waals surface area (Å²) in [6, 6.07) is 25.7. The van der Waals surface area contributed by atoms with E-state index in [-0.39, 0.29) is 28.8 Å². The number of carbonyl (C=O) groups is 1. The zero-order chi connectivity index (χ0) is 28.5. The fourth-order valence-electron chi connectivity index (χ4n) is 3.59. The van der Waals surface area contributed by atoms with Crippen LogP contribution in [0.4, 0.5) is 10.1 Å². The molecule has 0 aliphatic heterocycles. The topological polar surface area (TPSA) is 80.6 Å². The minimum absolute atomic E-state index is 0.131. The number of hydrogen-bond acceptors (Lipinski definition) is 5. The van der Waals surface area contributed by atoms with E-state index in [1.807, 2.05) is 30.3 Å². The summed E-state index contributed by atoms with van der Waals surface area (Å²) >= 11 is 9.84. The molecular formula is C31H23BrClFN2O4. The van der Waals surface area contributed by atoms with Gasteiger partial charge in [0.25, 0.3) is 5.91 Å². The minimum Gasteiger partial charge on any atom is -0.493 e. The summed E-state index contributed by atoms with van der Waals surface area (Å²) in [5.74, 6) is 0.318. The fourth-order valence-corrected chi connectivity index (χ4v) is 4.13. The Morgan fingerprint density at radius 3 is 2.23 bits per heavy atom. The van der Waals surface area contributed by atoms with Gasteiger partial charge in [0.15, 0.2) is 11.5 Å². The lowest BCUT2D eigenvalue weighted by molar-refractivity contribution is -0.112. The van der Waals surface area contributed by atoms with Gasteiger partial charge in [0, 0.05) is 10.2 Å². The second kappa shape index (κ2) is 13.7. The van der Waals surface area contributed by atoms with E-state index in [4.69, 9.17) is 25.8 Å². The number of nitrogens with zero attached hydrogens (tertiary/aromatic N) is 1. The van der Waals surface area contributed by atoms with Crippen molar-refractivity contribution >= 4 is 45.2 Å². The third kappa shape index (κ3) is 7.85. The van der Waals surface area contributed by atoms with Gasteiger partial charge in [-0.15, -0.1) is 0 Å². The van der Waals surface area contributed by atoms with Gasteiger partial charge in [0.05, 0.1) is 12.1 Å². The molecular weight excluding hydrogens is 599 g/mol. The van der Waals surface area contributed by atoms with Crippen molar-refractivity contribution in [1.29, 1.82) is 5.26 Å². The molecule has 9 heteroatoms. The van der Waals surface area contributed by atoms with Crippen molar-refractivity contribution in [2.45, 2.75) is 13.2 Å². The van der Waals surface area contributed by atoms with Crippen LogP contribution in [-0.2, 0) is 18.0 Å². The molecule has 0 unspecified atom stereocenters. The van der Waals surface area contributed by atoms with Crippen LogP contribution in [0.3, 0.4) is 0 Å². The van der Waals surface area contributed by atoms with Crippen LogP contribution in [0.25, 0.3) is 6.08 Å². The number of benzene rings is 4. The molecule has 0 fully saturated rings. The molecule has 0 aromatic heterocycles. The van der Waals surface area contributed by atoms with Crippen LogP contribution >= 0.6 is 27.5 Å². The number of carbonyl (C=O) groups excluding carboxylic acids is 1. The molecule has 0 aliphatic rings. The SMILES string of the molecule is COc1cc(/C=C(\C#N)C(=O)Nc2ccc(OCc3ccc(Br)cc3)cc2)cc(Cl)c1OCc1ccc(F)cc1. The van der Waals surface area contributed by atoms with Gasteiger partial charge in [-0.3, -0.25) is 4.79 Å². The molecule has 40 heavy (non-hydrogen) atoms.